The minimum Gasteiger partial charge on any atom is -0.478 e. The predicted octanol–water partition coefficient (Wildman–Crippen LogP) is 4.79. The minimum absolute atomic E-state index is 0. The Morgan fingerprint density at radius 2 is 1.88 bits per heavy atom. The van der Waals surface area contributed by atoms with Crippen molar-refractivity contribution < 1.29 is 23.4 Å². The first-order valence-corrected chi connectivity index (χ1v) is 10.2. The number of carbonyl (C=O) groups is 1. The zero-order valence-corrected chi connectivity index (χ0v) is 18.4. The molecule has 0 radical (unpaired) electrons. The van der Waals surface area contributed by atoms with E-state index in [1.54, 1.807) is 4.90 Å². The molecule has 8 heteroatoms. The third-order valence-electron chi connectivity index (χ3n) is 5.66. The van der Waals surface area contributed by atoms with E-state index in [1.807, 2.05) is 18.2 Å². The van der Waals surface area contributed by atoms with E-state index in [-0.39, 0.29) is 30.2 Å². The van der Waals surface area contributed by atoms with Crippen molar-refractivity contribution in [2.75, 3.05) is 31.1 Å². The minimum atomic E-state index is -1.36. The number of aromatic carboxylic acids is 1. The number of morpholine rings is 1. The van der Waals surface area contributed by atoms with Crippen LogP contribution in [0.3, 0.4) is 0 Å². The first-order valence-electron chi connectivity index (χ1n) is 10.2. The summed E-state index contributed by atoms with van der Waals surface area (Å²) in [5.74, 6) is -3.12. The molecule has 0 saturated carbocycles. The molecular formula is C24H25ClF2N2O3. The number of hydrogen-bond acceptors (Lipinski definition) is 4. The number of carboxylic acid groups (broad SMARTS) is 1. The molecule has 0 amide bonds. The largest absolute Gasteiger partial charge is 0.478 e. The summed E-state index contributed by atoms with van der Waals surface area (Å²) in [6, 6.07) is 16.2. The number of nitrogens with zero attached hydrogens (tertiary/aromatic N) is 1. The number of hydrogen-bond donors (Lipinski definition) is 2. The Balaban J connectivity index is 0.00000289. The Bertz CT molecular complexity index is 1080. The molecule has 0 aromatic heterocycles. The standard InChI is InChI=1S/C24H24F2N2O3.ClH/c1-15(19-8-4-6-16-5-2-3-7-20(16)19)27-13-18-14-28(9-10-31-18)23-21(25)11-17(24(29)30)12-22(23)26;/h2-8,11-12,15,18,27H,9-10,13-14H2,1H3,(H,29,30);1H/t15-,18?;/m1./s1. The van der Waals surface area contributed by atoms with E-state index < -0.39 is 23.2 Å². The van der Waals surface area contributed by atoms with Crippen molar-refractivity contribution in [1.29, 1.82) is 0 Å². The second-order valence-corrected chi connectivity index (χ2v) is 7.73. The van der Waals surface area contributed by atoms with Gasteiger partial charge in [-0.1, -0.05) is 42.5 Å². The van der Waals surface area contributed by atoms with Gasteiger partial charge in [0.1, 0.15) is 17.3 Å². The van der Waals surface area contributed by atoms with Crippen molar-refractivity contribution in [3.8, 4) is 0 Å². The van der Waals surface area contributed by atoms with Gasteiger partial charge >= 0.3 is 5.97 Å². The third-order valence-corrected chi connectivity index (χ3v) is 5.66. The number of anilines is 1. The number of halogens is 3. The van der Waals surface area contributed by atoms with E-state index in [1.165, 1.54) is 16.3 Å². The summed E-state index contributed by atoms with van der Waals surface area (Å²) in [4.78, 5) is 12.6. The summed E-state index contributed by atoms with van der Waals surface area (Å²) in [5, 5.41) is 14.8. The Morgan fingerprint density at radius 3 is 2.59 bits per heavy atom. The van der Waals surface area contributed by atoms with Gasteiger partial charge < -0.3 is 20.1 Å². The molecule has 32 heavy (non-hydrogen) atoms. The molecule has 1 fully saturated rings. The second kappa shape index (κ2) is 10.3. The van der Waals surface area contributed by atoms with E-state index in [9.17, 15) is 13.6 Å². The summed E-state index contributed by atoms with van der Waals surface area (Å²) in [6.45, 7) is 3.55. The van der Waals surface area contributed by atoms with Crippen molar-refractivity contribution in [3.63, 3.8) is 0 Å². The van der Waals surface area contributed by atoms with Gasteiger partial charge in [-0.05, 0) is 35.4 Å². The molecule has 2 atom stereocenters. The number of fused-ring (bicyclic) bond motifs is 1. The zero-order valence-electron chi connectivity index (χ0n) is 17.6. The molecule has 1 saturated heterocycles. The number of nitrogens with one attached hydrogen (secondary N) is 1. The SMILES string of the molecule is C[C@@H](NCC1CN(c2c(F)cc(C(=O)O)cc2F)CCO1)c1cccc2ccccc12.Cl. The topological polar surface area (TPSA) is 61.8 Å². The molecule has 1 aliphatic heterocycles. The van der Waals surface area contributed by atoms with Gasteiger partial charge in [0.15, 0.2) is 0 Å². The van der Waals surface area contributed by atoms with E-state index in [4.69, 9.17) is 9.84 Å². The van der Waals surface area contributed by atoms with Crippen LogP contribution >= 0.6 is 12.4 Å². The molecule has 4 rings (SSSR count). The molecule has 3 aromatic carbocycles. The van der Waals surface area contributed by atoms with Gasteiger partial charge in [0, 0.05) is 25.7 Å². The third kappa shape index (κ3) is 5.01. The van der Waals surface area contributed by atoms with Crippen LogP contribution in [0.4, 0.5) is 14.5 Å². The zero-order chi connectivity index (χ0) is 22.0. The highest BCUT2D eigenvalue weighted by Crippen LogP contribution is 2.28. The van der Waals surface area contributed by atoms with Crippen molar-refractivity contribution in [2.24, 2.45) is 0 Å². The molecule has 1 aliphatic rings. The monoisotopic (exact) mass is 462 g/mol. The highest BCUT2D eigenvalue weighted by Gasteiger charge is 2.26. The van der Waals surface area contributed by atoms with Gasteiger partial charge in [0.25, 0.3) is 0 Å². The van der Waals surface area contributed by atoms with Gasteiger partial charge in [0.2, 0.25) is 0 Å². The summed E-state index contributed by atoms with van der Waals surface area (Å²) >= 11 is 0. The molecule has 0 bridgehead atoms. The average molecular weight is 463 g/mol. The molecule has 1 unspecified atom stereocenters. The highest BCUT2D eigenvalue weighted by molar-refractivity contribution is 5.88. The first-order chi connectivity index (χ1) is 14.9. The molecule has 5 nitrogen and oxygen atoms in total. The Labute approximate surface area is 191 Å². The smallest absolute Gasteiger partial charge is 0.335 e. The fraction of sp³-hybridized carbons (Fsp3) is 0.292. The number of benzene rings is 3. The fourth-order valence-electron chi connectivity index (χ4n) is 4.08. The van der Waals surface area contributed by atoms with Gasteiger partial charge in [-0.15, -0.1) is 12.4 Å². The predicted molar refractivity (Wildman–Crippen MR) is 123 cm³/mol. The summed E-state index contributed by atoms with van der Waals surface area (Å²) in [7, 11) is 0. The van der Waals surface area contributed by atoms with E-state index in [0.29, 0.717) is 26.2 Å². The van der Waals surface area contributed by atoms with Crippen molar-refractivity contribution in [2.45, 2.75) is 19.1 Å². The maximum atomic E-state index is 14.5. The quantitative estimate of drug-likeness (QED) is 0.551. The maximum absolute atomic E-state index is 14.5. The van der Waals surface area contributed by atoms with Crippen LogP contribution in [-0.4, -0.2) is 43.4 Å². The number of carboxylic acids is 1. The van der Waals surface area contributed by atoms with Crippen LogP contribution in [0.15, 0.2) is 54.6 Å². The summed E-state index contributed by atoms with van der Waals surface area (Å²) < 4.78 is 34.7. The lowest BCUT2D eigenvalue weighted by atomic mass is 9.99. The van der Waals surface area contributed by atoms with Gasteiger partial charge in [-0.2, -0.15) is 0 Å². The normalized spacial score (nSPS) is 17.1. The van der Waals surface area contributed by atoms with Crippen molar-refractivity contribution >= 4 is 34.8 Å². The van der Waals surface area contributed by atoms with E-state index in [0.717, 1.165) is 12.1 Å². The molecular weight excluding hydrogens is 438 g/mol. The lowest BCUT2D eigenvalue weighted by Gasteiger charge is -2.35. The van der Waals surface area contributed by atoms with E-state index >= 15 is 0 Å². The van der Waals surface area contributed by atoms with Gasteiger partial charge in [-0.3, -0.25) is 0 Å². The van der Waals surface area contributed by atoms with Crippen LogP contribution in [0.1, 0.15) is 28.9 Å². The van der Waals surface area contributed by atoms with Crippen molar-refractivity contribution in [3.05, 3.63) is 77.4 Å². The Hall–Kier alpha value is -2.74. The van der Waals surface area contributed by atoms with E-state index in [2.05, 4.69) is 36.5 Å². The van der Waals surface area contributed by atoms with Crippen molar-refractivity contribution in [1.82, 2.24) is 5.32 Å². The van der Waals surface area contributed by atoms with Crippen LogP contribution in [0.2, 0.25) is 0 Å². The number of rotatable bonds is 6. The van der Waals surface area contributed by atoms with Crippen LogP contribution in [0.25, 0.3) is 10.8 Å². The fourth-order valence-corrected chi connectivity index (χ4v) is 4.08. The van der Waals surface area contributed by atoms with Crippen LogP contribution in [0.5, 0.6) is 0 Å². The summed E-state index contributed by atoms with van der Waals surface area (Å²) in [5.41, 5.74) is 0.557. The van der Waals surface area contributed by atoms with Gasteiger partial charge in [0.05, 0.1) is 18.3 Å². The van der Waals surface area contributed by atoms with Crippen LogP contribution in [-0.2, 0) is 4.74 Å². The van der Waals surface area contributed by atoms with Crippen LogP contribution < -0.4 is 10.2 Å². The first kappa shape index (κ1) is 23.9. The molecule has 3 aromatic rings. The number of ether oxygens (including phenoxy) is 1. The lowest BCUT2D eigenvalue weighted by molar-refractivity contribution is 0.0390. The molecule has 1 heterocycles. The second-order valence-electron chi connectivity index (χ2n) is 7.73. The molecule has 2 N–H and O–H groups in total. The highest BCUT2D eigenvalue weighted by atomic mass is 35.5. The lowest BCUT2D eigenvalue weighted by Crippen LogP contribution is -2.47. The molecule has 170 valence electrons. The molecule has 0 spiro atoms. The van der Waals surface area contributed by atoms with Crippen LogP contribution in [0, 0.1) is 11.6 Å². The Morgan fingerprint density at radius 1 is 1.19 bits per heavy atom. The van der Waals surface area contributed by atoms with Gasteiger partial charge in [-0.25, -0.2) is 13.6 Å². The summed E-state index contributed by atoms with van der Waals surface area (Å²) in [6.07, 6.45) is -0.260. The molecule has 0 aliphatic carbocycles. The Kier molecular flexibility index (Phi) is 7.66. The average Bonchev–Trinajstić information content (AvgIpc) is 2.77. The maximum Gasteiger partial charge on any atom is 0.335 e.